The van der Waals surface area contributed by atoms with Gasteiger partial charge >= 0.3 is 6.09 Å². The maximum Gasteiger partial charge on any atom is 0.410 e. The van der Waals surface area contributed by atoms with E-state index in [1.54, 1.807) is 11.0 Å². The van der Waals surface area contributed by atoms with Crippen molar-refractivity contribution in [3.05, 3.63) is 77.2 Å². The van der Waals surface area contributed by atoms with Gasteiger partial charge in [-0.15, -0.1) is 0 Å². The quantitative estimate of drug-likeness (QED) is 0.501. The fraction of sp³-hybridized carbons (Fsp3) is 0.393. The summed E-state index contributed by atoms with van der Waals surface area (Å²) < 4.78 is 19.8. The number of aromatic nitrogens is 2. The van der Waals surface area contributed by atoms with E-state index in [9.17, 15) is 9.18 Å². The van der Waals surface area contributed by atoms with Crippen molar-refractivity contribution < 1.29 is 13.9 Å². The van der Waals surface area contributed by atoms with Crippen molar-refractivity contribution in [2.45, 2.75) is 26.5 Å². The maximum absolute atomic E-state index is 14.3. The zero-order valence-electron chi connectivity index (χ0n) is 21.4. The van der Waals surface area contributed by atoms with Crippen LogP contribution < -0.4 is 14.7 Å². The Hall–Kier alpha value is -3.88. The number of hydrogen-bond acceptors (Lipinski definition) is 7. The molecule has 0 saturated carbocycles. The molecular formula is C28H33FN6O2. The molecule has 194 valence electrons. The normalized spacial score (nSPS) is 15.4. The topological polar surface area (TPSA) is 65.0 Å². The summed E-state index contributed by atoms with van der Waals surface area (Å²) in [4.78, 5) is 30.8. The third kappa shape index (κ3) is 5.45. The summed E-state index contributed by atoms with van der Waals surface area (Å²) in [7, 11) is 2.01. The second-order valence-electron chi connectivity index (χ2n) is 9.42. The van der Waals surface area contributed by atoms with Crippen molar-refractivity contribution in [1.29, 1.82) is 0 Å². The molecule has 0 atom stereocenters. The molecule has 0 radical (unpaired) electrons. The van der Waals surface area contributed by atoms with E-state index in [2.05, 4.69) is 21.6 Å². The Kier molecular flexibility index (Phi) is 7.39. The van der Waals surface area contributed by atoms with Crippen molar-refractivity contribution in [2.75, 3.05) is 61.0 Å². The van der Waals surface area contributed by atoms with Crippen LogP contribution >= 0.6 is 0 Å². The van der Waals surface area contributed by atoms with Crippen molar-refractivity contribution in [1.82, 2.24) is 14.9 Å². The maximum atomic E-state index is 14.3. The predicted molar refractivity (Wildman–Crippen MR) is 143 cm³/mol. The molecule has 9 heteroatoms. The van der Waals surface area contributed by atoms with Crippen LogP contribution in [0.2, 0.25) is 0 Å². The molecule has 0 N–H and O–H groups in total. The lowest BCUT2D eigenvalue weighted by atomic mass is 10.1. The summed E-state index contributed by atoms with van der Waals surface area (Å²) in [6.45, 7) is 6.89. The molecule has 2 aliphatic rings. The smallest absolute Gasteiger partial charge is 0.410 e. The van der Waals surface area contributed by atoms with Crippen molar-refractivity contribution in [3.63, 3.8) is 0 Å². The van der Waals surface area contributed by atoms with Crippen molar-refractivity contribution in [2.24, 2.45) is 0 Å². The predicted octanol–water partition coefficient (Wildman–Crippen LogP) is 4.09. The fourth-order valence-corrected chi connectivity index (χ4v) is 4.81. The zero-order valence-corrected chi connectivity index (χ0v) is 21.4. The van der Waals surface area contributed by atoms with Gasteiger partial charge in [0.25, 0.3) is 0 Å². The molecule has 1 saturated heterocycles. The lowest BCUT2D eigenvalue weighted by Crippen LogP contribution is -2.47. The number of amides is 1. The number of halogens is 1. The van der Waals surface area contributed by atoms with Gasteiger partial charge in [-0.05, 0) is 24.6 Å². The number of piperazine rings is 1. The number of carbonyl (C=O) groups is 1. The van der Waals surface area contributed by atoms with E-state index in [1.165, 1.54) is 6.07 Å². The van der Waals surface area contributed by atoms with Gasteiger partial charge in [0.15, 0.2) is 0 Å². The Morgan fingerprint density at radius 2 is 1.68 bits per heavy atom. The zero-order chi connectivity index (χ0) is 25.8. The van der Waals surface area contributed by atoms with Gasteiger partial charge in [0.2, 0.25) is 5.95 Å². The number of rotatable bonds is 6. The van der Waals surface area contributed by atoms with E-state index in [0.717, 1.165) is 29.2 Å². The molecule has 5 rings (SSSR count). The molecular weight excluding hydrogens is 471 g/mol. The molecule has 3 aromatic rings. The van der Waals surface area contributed by atoms with Gasteiger partial charge in [-0.25, -0.2) is 14.2 Å². The first-order valence-corrected chi connectivity index (χ1v) is 12.8. The van der Waals surface area contributed by atoms with E-state index < -0.39 is 0 Å². The Morgan fingerprint density at radius 1 is 0.973 bits per heavy atom. The first kappa shape index (κ1) is 24.8. The van der Waals surface area contributed by atoms with E-state index in [1.807, 2.05) is 49.5 Å². The van der Waals surface area contributed by atoms with Crippen LogP contribution in [0.3, 0.4) is 0 Å². The molecule has 2 aromatic carbocycles. The van der Waals surface area contributed by atoms with Crippen molar-refractivity contribution >= 4 is 23.5 Å². The average molecular weight is 505 g/mol. The van der Waals surface area contributed by atoms with Crippen LogP contribution in [-0.4, -0.2) is 67.3 Å². The van der Waals surface area contributed by atoms with Gasteiger partial charge in [0.1, 0.15) is 18.2 Å². The number of anilines is 3. The van der Waals surface area contributed by atoms with Crippen LogP contribution in [0.5, 0.6) is 0 Å². The summed E-state index contributed by atoms with van der Waals surface area (Å²) in [6.07, 6.45) is 0.318. The van der Waals surface area contributed by atoms with E-state index in [0.29, 0.717) is 57.3 Å². The molecule has 0 unspecified atom stereocenters. The second kappa shape index (κ2) is 11.0. The van der Waals surface area contributed by atoms with Crippen LogP contribution in [0.4, 0.5) is 26.6 Å². The van der Waals surface area contributed by atoms with E-state index in [-0.39, 0.29) is 18.5 Å². The first-order chi connectivity index (χ1) is 18.0. The molecule has 1 aromatic heterocycles. The summed E-state index contributed by atoms with van der Waals surface area (Å²) in [5.41, 5.74) is 3.55. The summed E-state index contributed by atoms with van der Waals surface area (Å²) in [5, 5.41) is 0. The Morgan fingerprint density at radius 3 is 2.41 bits per heavy atom. The Balaban J connectivity index is 1.30. The summed E-state index contributed by atoms with van der Waals surface area (Å²) in [5.74, 6) is 1.35. The summed E-state index contributed by atoms with van der Waals surface area (Å²) >= 11 is 0. The van der Waals surface area contributed by atoms with Gasteiger partial charge in [0.05, 0.1) is 17.9 Å². The molecule has 0 spiro atoms. The molecule has 0 bridgehead atoms. The number of carbonyl (C=O) groups excluding carboxylic acids is 1. The van der Waals surface area contributed by atoms with Crippen molar-refractivity contribution in [3.8, 4) is 0 Å². The second-order valence-corrected chi connectivity index (χ2v) is 9.42. The fourth-order valence-electron chi connectivity index (χ4n) is 4.81. The monoisotopic (exact) mass is 504 g/mol. The van der Waals surface area contributed by atoms with Crippen LogP contribution in [0.15, 0.2) is 54.6 Å². The van der Waals surface area contributed by atoms with E-state index >= 15 is 0 Å². The highest BCUT2D eigenvalue weighted by Crippen LogP contribution is 2.30. The van der Waals surface area contributed by atoms with Gasteiger partial charge in [-0.1, -0.05) is 42.5 Å². The lowest BCUT2D eigenvalue weighted by Gasteiger charge is -2.37. The number of hydrogen-bond donors (Lipinski definition) is 0. The summed E-state index contributed by atoms with van der Waals surface area (Å²) in [6, 6.07) is 16.6. The molecule has 8 nitrogen and oxygen atoms in total. The van der Waals surface area contributed by atoms with Gasteiger partial charge in [-0.3, -0.25) is 0 Å². The van der Waals surface area contributed by atoms with Crippen LogP contribution in [0, 0.1) is 5.82 Å². The molecule has 37 heavy (non-hydrogen) atoms. The number of nitrogens with zero attached hydrogens (tertiary/aromatic N) is 6. The number of para-hydroxylation sites is 1. The molecule has 3 heterocycles. The third-order valence-electron chi connectivity index (χ3n) is 7.08. The van der Waals surface area contributed by atoms with Gasteiger partial charge < -0.3 is 24.3 Å². The highest BCUT2D eigenvalue weighted by Gasteiger charge is 2.29. The highest BCUT2D eigenvalue weighted by molar-refractivity contribution is 5.69. The number of benzene rings is 2. The van der Waals surface area contributed by atoms with Gasteiger partial charge in [-0.2, -0.15) is 4.98 Å². The molecule has 1 fully saturated rings. The highest BCUT2D eigenvalue weighted by atomic mass is 19.1. The SMILES string of the molecule is CCN(C)c1nc(N2CCN(c3ccccc3F)CC2)nc2c1CN(C(=O)OCc1ccccc1)CC2. The van der Waals surface area contributed by atoms with E-state index in [4.69, 9.17) is 14.7 Å². The lowest BCUT2D eigenvalue weighted by molar-refractivity contribution is 0.0916. The Bertz CT molecular complexity index is 1230. The molecule has 2 aliphatic heterocycles. The third-order valence-corrected chi connectivity index (χ3v) is 7.08. The standard InChI is InChI=1S/C28H33FN6O2/c1-3-32(2)26-22-19-35(28(36)37-20-21-9-5-4-6-10-21)14-13-24(22)30-27(31-26)34-17-15-33(16-18-34)25-12-8-7-11-23(25)29/h4-12H,3,13-20H2,1-2H3. The molecule has 0 aliphatic carbocycles. The number of ether oxygens (including phenoxy) is 1. The van der Waals surface area contributed by atoms with Crippen LogP contribution in [0.1, 0.15) is 23.7 Å². The largest absolute Gasteiger partial charge is 0.445 e. The van der Waals surface area contributed by atoms with Gasteiger partial charge in [0, 0.05) is 58.3 Å². The minimum Gasteiger partial charge on any atom is -0.445 e. The first-order valence-electron chi connectivity index (χ1n) is 12.8. The van der Waals surface area contributed by atoms with Crippen LogP contribution in [0.25, 0.3) is 0 Å². The average Bonchev–Trinajstić information content (AvgIpc) is 2.95. The van der Waals surface area contributed by atoms with Crippen LogP contribution in [-0.2, 0) is 24.3 Å². The number of fused-ring (bicyclic) bond motifs is 1. The minimum absolute atomic E-state index is 0.195. The Labute approximate surface area is 217 Å². The molecule has 1 amide bonds. The minimum atomic E-state index is -0.326.